The molecule has 0 saturated carbocycles. The lowest BCUT2D eigenvalue weighted by Gasteiger charge is -2.45. The number of rotatable bonds is 11. The Morgan fingerprint density at radius 3 is 2.36 bits per heavy atom. The molecule has 11 nitrogen and oxygen atoms in total. The quantitative estimate of drug-likeness (QED) is 0.237. The van der Waals surface area contributed by atoms with Crippen molar-refractivity contribution >= 4 is 40.6 Å². The average molecular weight is 489 g/mol. The summed E-state index contributed by atoms with van der Waals surface area (Å²) in [7, 11) is 2.47. The van der Waals surface area contributed by atoms with Crippen molar-refractivity contribution in [3.63, 3.8) is 0 Å². The monoisotopic (exact) mass is 488 g/mol. The first-order valence-corrected chi connectivity index (χ1v) is 11.3. The van der Waals surface area contributed by atoms with Gasteiger partial charge in [-0.15, -0.1) is 0 Å². The number of ether oxygens (including phenoxy) is 4. The Balaban J connectivity index is 2.38. The summed E-state index contributed by atoms with van der Waals surface area (Å²) in [5, 5.41) is 4.99. The smallest absolute Gasteiger partial charge is 0.330 e. The normalized spacial score (nSPS) is 21.8. The topological polar surface area (TPSA) is 146 Å². The fourth-order valence-electron chi connectivity index (χ4n) is 2.77. The summed E-state index contributed by atoms with van der Waals surface area (Å²) in [6.07, 6.45) is 1.12. The molecule has 0 spiro atoms. The second-order valence-corrected chi connectivity index (χ2v) is 9.18. The molecule has 33 heavy (non-hydrogen) atoms. The zero-order valence-corrected chi connectivity index (χ0v) is 20.4. The molecule has 1 saturated heterocycles. The van der Waals surface area contributed by atoms with Crippen molar-refractivity contribution in [1.82, 2.24) is 10.6 Å². The second-order valence-electron chi connectivity index (χ2n) is 8.08. The van der Waals surface area contributed by atoms with E-state index in [1.54, 1.807) is 20.8 Å². The lowest BCUT2D eigenvalue weighted by atomic mass is 9.85. The van der Waals surface area contributed by atoms with Crippen LogP contribution in [0.5, 0.6) is 0 Å². The van der Waals surface area contributed by atoms with E-state index in [2.05, 4.69) is 20.1 Å². The van der Waals surface area contributed by atoms with Gasteiger partial charge in [-0.1, -0.05) is 25.6 Å². The molecule has 2 N–H and O–H groups in total. The molecule has 1 unspecified atom stereocenters. The Hall–Kier alpha value is -2.44. The van der Waals surface area contributed by atoms with E-state index in [4.69, 9.17) is 9.47 Å². The van der Waals surface area contributed by atoms with E-state index in [0.29, 0.717) is 5.75 Å². The number of hydrogen-bond donors (Lipinski definition) is 2. The molecule has 2 amide bonds. The van der Waals surface area contributed by atoms with Crippen LogP contribution >= 0.6 is 11.8 Å². The third-order valence-electron chi connectivity index (χ3n) is 4.63. The largest absolute Gasteiger partial charge is 0.469 e. The predicted octanol–water partition coefficient (Wildman–Crippen LogP) is 0.319. The van der Waals surface area contributed by atoms with Crippen LogP contribution in [0.15, 0.2) is 12.2 Å². The summed E-state index contributed by atoms with van der Waals surface area (Å²) in [6, 6.07) is 0. The third-order valence-corrected chi connectivity index (χ3v) is 5.46. The van der Waals surface area contributed by atoms with Crippen LogP contribution in [0.2, 0.25) is 0 Å². The Kier molecular flexibility index (Phi) is 11.5. The minimum absolute atomic E-state index is 0.0374. The van der Waals surface area contributed by atoms with E-state index in [-0.39, 0.29) is 43.6 Å². The fraction of sp³-hybridized carbons (Fsp3) is 0.667. The van der Waals surface area contributed by atoms with Crippen LogP contribution in [0.25, 0.3) is 0 Å². The van der Waals surface area contributed by atoms with Crippen LogP contribution in [0.3, 0.4) is 0 Å². The number of methoxy groups -OCH3 is 2. The molecule has 0 radical (unpaired) electrons. The summed E-state index contributed by atoms with van der Waals surface area (Å²) in [5.74, 6) is -2.81. The second kappa shape index (κ2) is 13.3. The number of carbonyl (C=O) groups excluding carboxylic acids is 5. The summed E-state index contributed by atoms with van der Waals surface area (Å²) in [4.78, 5) is 58.7. The van der Waals surface area contributed by atoms with Crippen molar-refractivity contribution in [3.05, 3.63) is 12.2 Å². The summed E-state index contributed by atoms with van der Waals surface area (Å²) in [6.45, 7) is 5.72. The van der Waals surface area contributed by atoms with E-state index < -0.39 is 35.2 Å². The van der Waals surface area contributed by atoms with Crippen molar-refractivity contribution in [3.8, 4) is 0 Å². The molecule has 1 aliphatic rings. The van der Waals surface area contributed by atoms with Crippen molar-refractivity contribution < 1.29 is 42.9 Å². The number of carbonyl (C=O) groups is 5. The highest BCUT2D eigenvalue weighted by atomic mass is 32.2. The number of thioether (sulfide) groups is 1. The number of amides is 2. The molecular formula is C21H32N2O9S. The summed E-state index contributed by atoms with van der Waals surface area (Å²) >= 11 is 0.944. The van der Waals surface area contributed by atoms with Crippen LogP contribution in [0.1, 0.15) is 33.6 Å². The Morgan fingerprint density at radius 1 is 1.03 bits per heavy atom. The molecule has 0 aliphatic carbocycles. The van der Waals surface area contributed by atoms with Crippen molar-refractivity contribution in [2.24, 2.45) is 5.41 Å². The Morgan fingerprint density at radius 2 is 1.73 bits per heavy atom. The van der Waals surface area contributed by atoms with Gasteiger partial charge in [-0.2, -0.15) is 0 Å². The van der Waals surface area contributed by atoms with Crippen LogP contribution in [0, 0.1) is 5.41 Å². The maximum Gasteiger partial charge on any atom is 0.330 e. The zero-order chi connectivity index (χ0) is 25.1. The van der Waals surface area contributed by atoms with E-state index in [1.165, 1.54) is 14.2 Å². The number of nitrogens with one attached hydrogen (secondary N) is 2. The van der Waals surface area contributed by atoms with Gasteiger partial charge in [0.1, 0.15) is 6.10 Å². The van der Waals surface area contributed by atoms with E-state index in [9.17, 15) is 24.0 Å². The highest BCUT2D eigenvalue weighted by Crippen LogP contribution is 2.36. The van der Waals surface area contributed by atoms with Gasteiger partial charge in [0.2, 0.25) is 16.9 Å². The molecular weight excluding hydrogens is 456 g/mol. The van der Waals surface area contributed by atoms with Gasteiger partial charge >= 0.3 is 11.9 Å². The molecule has 1 heterocycles. The Labute approximate surface area is 197 Å². The maximum atomic E-state index is 12.7. The van der Waals surface area contributed by atoms with Gasteiger partial charge < -0.3 is 29.6 Å². The standard InChI is InChI=1S/C21H32N2O9S/c1-20(2)13-31-21(3,12-16(26)30-5)32-18(20)19(28)23-9-8-14(24)22-10-11-33-17(27)7-6-15(25)29-4/h6-7,18H,8-13H2,1-5H3,(H,22,24)(H,23,28)/b7-6+/t18-,21?/m0/s1. The Bertz CT molecular complexity index is 769. The van der Waals surface area contributed by atoms with Gasteiger partial charge in [0.05, 0.1) is 27.2 Å². The number of esters is 2. The summed E-state index contributed by atoms with van der Waals surface area (Å²) in [5.41, 5.74) is -0.645. The lowest BCUT2D eigenvalue weighted by Crippen LogP contribution is -2.58. The first-order valence-electron chi connectivity index (χ1n) is 10.3. The van der Waals surface area contributed by atoms with Crippen molar-refractivity contribution in [1.29, 1.82) is 0 Å². The van der Waals surface area contributed by atoms with E-state index >= 15 is 0 Å². The van der Waals surface area contributed by atoms with Gasteiger partial charge in [0, 0.05) is 36.8 Å². The summed E-state index contributed by atoms with van der Waals surface area (Å²) < 4.78 is 20.5. The zero-order valence-electron chi connectivity index (χ0n) is 19.6. The molecule has 1 fully saturated rings. The lowest BCUT2D eigenvalue weighted by molar-refractivity contribution is -0.313. The average Bonchev–Trinajstić information content (AvgIpc) is 2.76. The van der Waals surface area contributed by atoms with Crippen molar-refractivity contribution in [2.45, 2.75) is 45.5 Å². The molecule has 1 aliphatic heterocycles. The fourth-order valence-corrected chi connectivity index (χ4v) is 3.34. The maximum absolute atomic E-state index is 12.7. The molecule has 2 atom stereocenters. The minimum atomic E-state index is -1.29. The SMILES string of the molecule is COC(=O)/C=C/C(=O)SCCNC(=O)CCNC(=O)[C@@H]1OC(C)(CC(=O)OC)OCC1(C)C. The highest BCUT2D eigenvalue weighted by molar-refractivity contribution is 8.14. The van der Waals surface area contributed by atoms with Gasteiger partial charge in [-0.05, 0) is 13.0 Å². The molecule has 0 aromatic heterocycles. The molecule has 1 rings (SSSR count). The number of hydrogen-bond acceptors (Lipinski definition) is 10. The predicted molar refractivity (Wildman–Crippen MR) is 119 cm³/mol. The van der Waals surface area contributed by atoms with Crippen LogP contribution in [-0.4, -0.2) is 80.4 Å². The van der Waals surface area contributed by atoms with E-state index in [1.807, 2.05) is 0 Å². The highest BCUT2D eigenvalue weighted by Gasteiger charge is 2.48. The molecule has 12 heteroatoms. The van der Waals surface area contributed by atoms with Gasteiger partial charge in [-0.25, -0.2) is 4.79 Å². The van der Waals surface area contributed by atoms with Gasteiger partial charge in [0.25, 0.3) is 0 Å². The van der Waals surface area contributed by atoms with Crippen LogP contribution in [-0.2, 0) is 42.9 Å². The first kappa shape index (κ1) is 28.6. The molecule has 0 aromatic rings. The van der Waals surface area contributed by atoms with Crippen molar-refractivity contribution in [2.75, 3.05) is 39.7 Å². The van der Waals surface area contributed by atoms with Gasteiger partial charge in [0.15, 0.2) is 5.79 Å². The van der Waals surface area contributed by atoms with Gasteiger partial charge in [-0.3, -0.25) is 19.2 Å². The molecule has 186 valence electrons. The van der Waals surface area contributed by atoms with Crippen LogP contribution in [0.4, 0.5) is 0 Å². The molecule has 0 aromatic carbocycles. The first-order chi connectivity index (χ1) is 15.4. The third kappa shape index (κ3) is 10.4. The van der Waals surface area contributed by atoms with Crippen LogP contribution < -0.4 is 10.6 Å². The molecule has 0 bridgehead atoms. The minimum Gasteiger partial charge on any atom is -0.469 e. The van der Waals surface area contributed by atoms with E-state index in [0.717, 1.165) is 23.9 Å².